The number of hydrogen-bond acceptors (Lipinski definition) is 8. The molecule has 0 saturated heterocycles. The van der Waals surface area contributed by atoms with Gasteiger partial charge >= 0.3 is 12.0 Å². The van der Waals surface area contributed by atoms with Gasteiger partial charge in [-0.2, -0.15) is 0 Å². The predicted molar refractivity (Wildman–Crippen MR) is 130 cm³/mol. The van der Waals surface area contributed by atoms with Crippen molar-refractivity contribution in [1.29, 1.82) is 0 Å². The smallest absolute Gasteiger partial charge is 0.331 e. The molecule has 0 aliphatic rings. The van der Waals surface area contributed by atoms with E-state index in [0.717, 1.165) is 6.08 Å². The highest BCUT2D eigenvalue weighted by atomic mass is 16.5. The van der Waals surface area contributed by atoms with Crippen LogP contribution in [-0.4, -0.2) is 51.4 Å². The molecule has 0 spiro atoms. The fraction of sp³-hybridized carbons (Fsp3) is 0.320. The average Bonchev–Trinajstić information content (AvgIpc) is 2.84. The van der Waals surface area contributed by atoms with Crippen LogP contribution >= 0.6 is 0 Å². The topological polar surface area (TPSA) is 121 Å². The second kappa shape index (κ2) is 14.1. The summed E-state index contributed by atoms with van der Waals surface area (Å²) in [5.74, 6) is 0.575. The molecule has 10 nitrogen and oxygen atoms in total. The summed E-state index contributed by atoms with van der Waals surface area (Å²) in [6.07, 6.45) is 2.67. The molecule has 0 bridgehead atoms. The van der Waals surface area contributed by atoms with Crippen molar-refractivity contribution in [2.45, 2.75) is 20.8 Å². The second-order valence-corrected chi connectivity index (χ2v) is 6.81. The molecule has 0 unspecified atom stereocenters. The molecule has 0 heterocycles. The van der Waals surface area contributed by atoms with Gasteiger partial charge in [-0.05, 0) is 56.7 Å². The van der Waals surface area contributed by atoms with Crippen molar-refractivity contribution in [2.24, 2.45) is 0 Å². The van der Waals surface area contributed by atoms with Crippen LogP contribution in [0.25, 0.3) is 6.08 Å². The van der Waals surface area contributed by atoms with Crippen LogP contribution in [0, 0.1) is 0 Å². The fourth-order valence-electron chi connectivity index (χ4n) is 2.87. The van der Waals surface area contributed by atoms with Crippen LogP contribution < -0.4 is 29.6 Å². The van der Waals surface area contributed by atoms with Crippen LogP contribution in [0.4, 0.5) is 10.5 Å². The second-order valence-electron chi connectivity index (χ2n) is 6.81. The first kappa shape index (κ1) is 27.0. The molecular formula is C25H30N2O8. The van der Waals surface area contributed by atoms with Crippen LogP contribution in [0.5, 0.6) is 23.0 Å². The molecule has 35 heavy (non-hydrogen) atoms. The number of anilines is 1. The molecule has 0 aliphatic heterocycles. The van der Waals surface area contributed by atoms with Crippen LogP contribution in [0.15, 0.2) is 42.5 Å². The van der Waals surface area contributed by atoms with Crippen molar-refractivity contribution in [2.75, 3.05) is 38.9 Å². The zero-order valence-electron chi connectivity index (χ0n) is 20.2. The minimum atomic E-state index is -0.789. The Hall–Kier alpha value is -4.21. The van der Waals surface area contributed by atoms with Crippen LogP contribution in [0.1, 0.15) is 26.3 Å². The van der Waals surface area contributed by atoms with Gasteiger partial charge in [-0.25, -0.2) is 9.59 Å². The summed E-state index contributed by atoms with van der Waals surface area (Å²) in [6, 6.07) is 9.23. The van der Waals surface area contributed by atoms with Gasteiger partial charge in [0, 0.05) is 17.8 Å². The standard InChI is InChI=1S/C25H30N2O8/c1-5-32-19-11-8-17(14-21(19)31-4)9-13-24(29)35-16-23(28)27-25(30)26-18-10-12-20(33-6-2)22(15-18)34-7-3/h8-15H,5-7,16H2,1-4H3,(H2,26,27,28,30)/b13-9+. The van der Waals surface area contributed by atoms with E-state index in [2.05, 4.69) is 10.6 Å². The van der Waals surface area contributed by atoms with E-state index in [4.69, 9.17) is 23.7 Å². The highest BCUT2D eigenvalue weighted by Gasteiger charge is 2.12. The first-order valence-corrected chi connectivity index (χ1v) is 11.1. The minimum absolute atomic E-state index is 0.396. The summed E-state index contributed by atoms with van der Waals surface area (Å²) in [5.41, 5.74) is 1.07. The number of hydrogen-bond donors (Lipinski definition) is 2. The monoisotopic (exact) mass is 486 g/mol. The van der Waals surface area contributed by atoms with Gasteiger partial charge < -0.3 is 29.0 Å². The van der Waals surface area contributed by atoms with E-state index < -0.39 is 24.5 Å². The third kappa shape index (κ3) is 8.92. The Morgan fingerprint density at radius 3 is 2.11 bits per heavy atom. The Bertz CT molecular complexity index is 1050. The predicted octanol–water partition coefficient (Wildman–Crippen LogP) is 3.80. The quantitative estimate of drug-likeness (QED) is 0.343. The van der Waals surface area contributed by atoms with Gasteiger partial charge in [0.15, 0.2) is 29.6 Å². The number of amides is 3. The van der Waals surface area contributed by atoms with Crippen molar-refractivity contribution in [3.63, 3.8) is 0 Å². The lowest BCUT2D eigenvalue weighted by molar-refractivity contribution is -0.143. The molecule has 2 aromatic rings. The summed E-state index contributed by atoms with van der Waals surface area (Å²) < 4.78 is 26.6. The molecule has 0 fully saturated rings. The van der Waals surface area contributed by atoms with E-state index in [9.17, 15) is 14.4 Å². The van der Waals surface area contributed by atoms with Crippen LogP contribution in [0.3, 0.4) is 0 Å². The molecule has 0 aromatic heterocycles. The van der Waals surface area contributed by atoms with Gasteiger partial charge in [-0.3, -0.25) is 10.1 Å². The Balaban J connectivity index is 1.84. The molecule has 0 aliphatic carbocycles. The number of ether oxygens (including phenoxy) is 5. The normalized spacial score (nSPS) is 10.4. The number of imide groups is 1. The van der Waals surface area contributed by atoms with Crippen LogP contribution in [-0.2, 0) is 14.3 Å². The van der Waals surface area contributed by atoms with E-state index in [1.807, 2.05) is 20.8 Å². The Morgan fingerprint density at radius 1 is 0.829 bits per heavy atom. The zero-order valence-corrected chi connectivity index (χ0v) is 20.2. The van der Waals surface area contributed by atoms with Gasteiger partial charge in [-0.1, -0.05) is 6.07 Å². The highest BCUT2D eigenvalue weighted by Crippen LogP contribution is 2.30. The number of nitrogens with one attached hydrogen (secondary N) is 2. The Labute approximate surface area is 204 Å². The summed E-state index contributed by atoms with van der Waals surface area (Å²) in [5, 5.41) is 4.61. The first-order chi connectivity index (χ1) is 16.9. The van der Waals surface area contributed by atoms with E-state index in [1.54, 1.807) is 36.4 Å². The third-order valence-corrected chi connectivity index (χ3v) is 4.30. The van der Waals surface area contributed by atoms with Gasteiger partial charge in [0.25, 0.3) is 5.91 Å². The maximum atomic E-state index is 12.1. The van der Waals surface area contributed by atoms with Gasteiger partial charge in [-0.15, -0.1) is 0 Å². The van der Waals surface area contributed by atoms with Crippen molar-refractivity contribution < 1.29 is 38.1 Å². The number of benzene rings is 2. The van der Waals surface area contributed by atoms with Gasteiger partial charge in [0.05, 0.1) is 26.9 Å². The van der Waals surface area contributed by atoms with Crippen molar-refractivity contribution in [1.82, 2.24) is 5.32 Å². The molecule has 2 rings (SSSR count). The third-order valence-electron chi connectivity index (χ3n) is 4.30. The molecule has 0 radical (unpaired) electrons. The van der Waals surface area contributed by atoms with Crippen molar-refractivity contribution >= 4 is 29.7 Å². The van der Waals surface area contributed by atoms with E-state index in [0.29, 0.717) is 54.1 Å². The lowest BCUT2D eigenvalue weighted by atomic mass is 10.2. The number of methoxy groups -OCH3 is 1. The molecule has 2 N–H and O–H groups in total. The summed E-state index contributed by atoms with van der Waals surface area (Å²) >= 11 is 0. The number of carbonyl (C=O) groups is 3. The minimum Gasteiger partial charge on any atom is -0.493 e. The van der Waals surface area contributed by atoms with E-state index >= 15 is 0 Å². The molecular weight excluding hydrogens is 456 g/mol. The maximum absolute atomic E-state index is 12.1. The number of carbonyl (C=O) groups excluding carboxylic acids is 3. The SMILES string of the molecule is CCOc1ccc(/C=C/C(=O)OCC(=O)NC(=O)Nc2ccc(OCC)c(OCC)c2)cc1OC. The van der Waals surface area contributed by atoms with Crippen molar-refractivity contribution in [3.05, 3.63) is 48.0 Å². The molecule has 3 amide bonds. The van der Waals surface area contributed by atoms with Gasteiger partial charge in [0.2, 0.25) is 0 Å². The Morgan fingerprint density at radius 2 is 1.46 bits per heavy atom. The average molecular weight is 487 g/mol. The lowest BCUT2D eigenvalue weighted by Crippen LogP contribution is -2.37. The van der Waals surface area contributed by atoms with E-state index in [1.165, 1.54) is 13.2 Å². The number of rotatable bonds is 12. The highest BCUT2D eigenvalue weighted by molar-refractivity contribution is 6.02. The summed E-state index contributed by atoms with van der Waals surface area (Å²) in [7, 11) is 1.52. The lowest BCUT2D eigenvalue weighted by Gasteiger charge is -2.13. The van der Waals surface area contributed by atoms with Crippen LogP contribution in [0.2, 0.25) is 0 Å². The maximum Gasteiger partial charge on any atom is 0.331 e. The fourth-order valence-corrected chi connectivity index (χ4v) is 2.87. The molecule has 188 valence electrons. The van der Waals surface area contributed by atoms with E-state index in [-0.39, 0.29) is 0 Å². The largest absolute Gasteiger partial charge is 0.493 e. The first-order valence-electron chi connectivity index (χ1n) is 11.1. The summed E-state index contributed by atoms with van der Waals surface area (Å²) in [4.78, 5) is 36.0. The Kier molecular flexibility index (Phi) is 10.9. The van der Waals surface area contributed by atoms with Gasteiger partial charge in [0.1, 0.15) is 0 Å². The molecule has 10 heteroatoms. The summed E-state index contributed by atoms with van der Waals surface area (Å²) in [6.45, 7) is 6.28. The zero-order chi connectivity index (χ0) is 25.6. The molecule has 0 atom stereocenters. The van der Waals surface area contributed by atoms with Crippen molar-refractivity contribution in [3.8, 4) is 23.0 Å². The number of urea groups is 1. The number of esters is 1. The molecule has 2 aromatic carbocycles. The molecule has 0 saturated carbocycles.